The minimum atomic E-state index is -1.28. The van der Waals surface area contributed by atoms with Gasteiger partial charge in [0.15, 0.2) is 0 Å². The van der Waals surface area contributed by atoms with Gasteiger partial charge in [0.2, 0.25) is 5.79 Å². The van der Waals surface area contributed by atoms with E-state index in [9.17, 15) is 9.90 Å². The van der Waals surface area contributed by atoms with Crippen LogP contribution < -0.4 is 5.32 Å². The van der Waals surface area contributed by atoms with Crippen molar-refractivity contribution in [3.8, 4) is 0 Å². The summed E-state index contributed by atoms with van der Waals surface area (Å²) >= 11 is 0. The van der Waals surface area contributed by atoms with E-state index in [1.165, 1.54) is 6.42 Å². The molecule has 0 spiro atoms. The van der Waals surface area contributed by atoms with Crippen LogP contribution in [-0.4, -0.2) is 29.4 Å². The van der Waals surface area contributed by atoms with Crippen LogP contribution in [0.5, 0.6) is 0 Å². The first-order valence-electron chi connectivity index (χ1n) is 7.53. The maximum atomic E-state index is 12.2. The normalized spacial score (nSPS) is 33.2. The van der Waals surface area contributed by atoms with E-state index in [4.69, 9.17) is 4.74 Å². The number of nitrogens with two attached hydrogens (primary N) is 1. The van der Waals surface area contributed by atoms with E-state index in [-0.39, 0.29) is 5.92 Å². The average molecular weight is 276 g/mol. The third-order valence-electron chi connectivity index (χ3n) is 4.65. The molecule has 1 aliphatic heterocycles. The number of esters is 1. The number of hydrogen-bond donors (Lipinski definition) is 2. The van der Waals surface area contributed by atoms with Crippen LogP contribution in [0.3, 0.4) is 0 Å². The van der Waals surface area contributed by atoms with Gasteiger partial charge in [-0.15, -0.1) is 0 Å². The molecule has 1 aromatic carbocycles. The highest BCUT2D eigenvalue weighted by Gasteiger charge is 2.50. The molecule has 1 saturated heterocycles. The Morgan fingerprint density at radius 3 is 2.80 bits per heavy atom. The summed E-state index contributed by atoms with van der Waals surface area (Å²) in [4.78, 5) is 12.2. The van der Waals surface area contributed by atoms with Gasteiger partial charge in [-0.3, -0.25) is 0 Å². The predicted octanol–water partition coefficient (Wildman–Crippen LogP) is 1.06. The summed E-state index contributed by atoms with van der Waals surface area (Å²) in [5.41, 5.74) is 0.503. The van der Waals surface area contributed by atoms with Gasteiger partial charge in [-0.05, 0) is 31.4 Å². The zero-order valence-corrected chi connectivity index (χ0v) is 11.6. The number of carbonyl (C=O) groups excluding carboxylic acids is 1. The lowest BCUT2D eigenvalue weighted by atomic mass is 9.75. The lowest BCUT2D eigenvalue weighted by molar-refractivity contribution is -0.718. The maximum Gasteiger partial charge on any atom is 0.340 e. The number of ether oxygens (including phenoxy) is 1. The summed E-state index contributed by atoms with van der Waals surface area (Å²) in [6, 6.07) is 9.30. The molecule has 20 heavy (non-hydrogen) atoms. The summed E-state index contributed by atoms with van der Waals surface area (Å²) < 4.78 is 5.53. The second kappa shape index (κ2) is 5.54. The fraction of sp³-hybridized carbons (Fsp3) is 0.562. The largest absolute Gasteiger partial charge is 0.429 e. The molecular formula is C16H22NO3+. The van der Waals surface area contributed by atoms with Gasteiger partial charge in [-0.2, -0.15) is 0 Å². The minimum Gasteiger partial charge on any atom is -0.429 e. The lowest BCUT2D eigenvalue weighted by Crippen LogP contribution is -2.96. The van der Waals surface area contributed by atoms with Crippen molar-refractivity contribution in [1.29, 1.82) is 0 Å². The molecule has 0 amide bonds. The van der Waals surface area contributed by atoms with E-state index in [0.29, 0.717) is 18.0 Å². The van der Waals surface area contributed by atoms with E-state index in [1.807, 2.05) is 6.07 Å². The van der Waals surface area contributed by atoms with E-state index >= 15 is 0 Å². The molecular weight excluding hydrogens is 254 g/mol. The van der Waals surface area contributed by atoms with Crippen molar-refractivity contribution in [1.82, 2.24) is 0 Å². The van der Waals surface area contributed by atoms with Crippen molar-refractivity contribution in [3.63, 3.8) is 0 Å². The molecule has 2 aliphatic rings. The number of piperidine rings is 1. The number of benzene rings is 1. The second-order valence-electron chi connectivity index (χ2n) is 5.93. The molecule has 1 heterocycles. The minimum absolute atomic E-state index is 0.0673. The number of hydrogen-bond acceptors (Lipinski definition) is 3. The first-order chi connectivity index (χ1) is 9.69. The van der Waals surface area contributed by atoms with Crippen LogP contribution in [0.25, 0.3) is 0 Å². The van der Waals surface area contributed by atoms with Crippen molar-refractivity contribution >= 4 is 5.97 Å². The highest BCUT2D eigenvalue weighted by Crippen LogP contribution is 2.36. The van der Waals surface area contributed by atoms with Crippen LogP contribution in [-0.2, 0) is 4.74 Å². The lowest BCUT2D eigenvalue weighted by Gasteiger charge is -2.44. The van der Waals surface area contributed by atoms with Gasteiger partial charge in [0, 0.05) is 0 Å². The highest BCUT2D eigenvalue weighted by molar-refractivity contribution is 5.89. The number of quaternary nitrogens is 1. The molecule has 1 saturated carbocycles. The maximum absolute atomic E-state index is 12.2. The monoisotopic (exact) mass is 276 g/mol. The Hall–Kier alpha value is -1.39. The van der Waals surface area contributed by atoms with Crippen molar-refractivity contribution < 1.29 is 20.0 Å². The standard InChI is InChI=1S/C16H21NO3/c18-15(12-6-2-1-3-7-12)20-16(19)10-11-17-14-9-5-4-8-13(14)16/h1-3,6-7,13-14,17,19H,4-5,8-11H2/p+1/t13-,14-,16+/m0/s1. The molecule has 0 radical (unpaired) electrons. The summed E-state index contributed by atoms with van der Waals surface area (Å²) in [6.07, 6.45) is 4.89. The molecule has 3 N–H and O–H groups in total. The fourth-order valence-corrected chi connectivity index (χ4v) is 3.61. The number of rotatable bonds is 2. The van der Waals surface area contributed by atoms with E-state index in [2.05, 4.69) is 5.32 Å². The molecule has 2 fully saturated rings. The SMILES string of the molecule is O=C(O[C@]1(O)CC[NH2+][C@H]2CCCC[C@@H]21)c1ccccc1. The molecule has 0 unspecified atom stereocenters. The molecule has 108 valence electrons. The van der Waals surface area contributed by atoms with Crippen LogP contribution in [0.15, 0.2) is 30.3 Å². The Morgan fingerprint density at radius 2 is 2.00 bits per heavy atom. The molecule has 1 aromatic rings. The third kappa shape index (κ3) is 2.58. The van der Waals surface area contributed by atoms with Crippen LogP contribution in [0.2, 0.25) is 0 Å². The van der Waals surface area contributed by atoms with Crippen LogP contribution in [0, 0.1) is 5.92 Å². The number of aliphatic hydroxyl groups is 1. The fourth-order valence-electron chi connectivity index (χ4n) is 3.61. The van der Waals surface area contributed by atoms with Crippen LogP contribution >= 0.6 is 0 Å². The van der Waals surface area contributed by atoms with E-state index in [0.717, 1.165) is 25.8 Å². The van der Waals surface area contributed by atoms with Gasteiger partial charge in [0.05, 0.1) is 30.5 Å². The molecule has 3 rings (SSSR count). The molecule has 4 nitrogen and oxygen atoms in total. The van der Waals surface area contributed by atoms with Gasteiger partial charge in [0.25, 0.3) is 0 Å². The Bertz CT molecular complexity index is 474. The Balaban J connectivity index is 1.75. The van der Waals surface area contributed by atoms with Crippen molar-refractivity contribution in [3.05, 3.63) is 35.9 Å². The Labute approximate surface area is 119 Å². The second-order valence-corrected chi connectivity index (χ2v) is 5.93. The first kappa shape index (κ1) is 13.6. The van der Waals surface area contributed by atoms with Gasteiger partial charge in [-0.1, -0.05) is 24.6 Å². The Morgan fingerprint density at radius 1 is 1.25 bits per heavy atom. The van der Waals surface area contributed by atoms with Gasteiger partial charge in [0.1, 0.15) is 0 Å². The highest BCUT2D eigenvalue weighted by atomic mass is 16.7. The smallest absolute Gasteiger partial charge is 0.340 e. The summed E-state index contributed by atoms with van der Waals surface area (Å²) in [5.74, 6) is -1.63. The van der Waals surface area contributed by atoms with E-state index < -0.39 is 11.8 Å². The number of fused-ring (bicyclic) bond motifs is 1. The van der Waals surface area contributed by atoms with E-state index in [1.54, 1.807) is 24.3 Å². The van der Waals surface area contributed by atoms with Crippen molar-refractivity contribution in [2.75, 3.05) is 6.54 Å². The zero-order chi connectivity index (χ0) is 14.0. The van der Waals surface area contributed by atoms with Gasteiger partial charge >= 0.3 is 5.97 Å². The third-order valence-corrected chi connectivity index (χ3v) is 4.65. The molecule has 3 atom stereocenters. The molecule has 4 heteroatoms. The first-order valence-corrected chi connectivity index (χ1v) is 7.53. The zero-order valence-electron chi connectivity index (χ0n) is 11.6. The van der Waals surface area contributed by atoms with Crippen molar-refractivity contribution in [2.45, 2.75) is 43.9 Å². The topological polar surface area (TPSA) is 63.1 Å². The quantitative estimate of drug-likeness (QED) is 0.627. The number of carbonyl (C=O) groups is 1. The van der Waals surface area contributed by atoms with Gasteiger partial charge < -0.3 is 15.2 Å². The van der Waals surface area contributed by atoms with Crippen LogP contribution in [0.4, 0.5) is 0 Å². The van der Waals surface area contributed by atoms with Crippen LogP contribution in [0.1, 0.15) is 42.5 Å². The summed E-state index contributed by atoms with van der Waals surface area (Å²) in [7, 11) is 0. The van der Waals surface area contributed by atoms with Gasteiger partial charge in [-0.25, -0.2) is 4.79 Å². The predicted molar refractivity (Wildman–Crippen MR) is 74.0 cm³/mol. The average Bonchev–Trinajstić information content (AvgIpc) is 2.48. The summed E-state index contributed by atoms with van der Waals surface area (Å²) in [5, 5.41) is 13.1. The molecule has 1 aliphatic carbocycles. The summed E-state index contributed by atoms with van der Waals surface area (Å²) in [6.45, 7) is 0.819. The van der Waals surface area contributed by atoms with Crippen molar-refractivity contribution in [2.24, 2.45) is 5.92 Å². The Kier molecular flexibility index (Phi) is 3.76. The molecule has 0 aromatic heterocycles. The molecule has 0 bridgehead atoms.